The number of aromatic nitrogens is 2. The van der Waals surface area contributed by atoms with Crippen LogP contribution in [0.5, 0.6) is 0 Å². The van der Waals surface area contributed by atoms with Gasteiger partial charge in [0.15, 0.2) is 0 Å². The van der Waals surface area contributed by atoms with E-state index < -0.39 is 26.7 Å². The molecule has 1 aliphatic rings. The first kappa shape index (κ1) is 23.8. The minimum Gasteiger partial charge on any atom is -0.378 e. The minimum atomic E-state index is -4.80. The van der Waals surface area contributed by atoms with Gasteiger partial charge in [-0.3, -0.25) is 4.72 Å². The van der Waals surface area contributed by atoms with Crippen LogP contribution < -0.4 is 14.9 Å². The predicted octanol–water partition coefficient (Wildman–Crippen LogP) is 4.18. The van der Waals surface area contributed by atoms with E-state index >= 15 is 0 Å². The number of sulfonamides is 1. The molecule has 4 rings (SSSR count). The fraction of sp³-hybridized carbons (Fsp3) is 0.273. The number of ether oxygens (including phenoxy) is 1. The Bertz CT molecular complexity index is 1260. The average Bonchev–Trinajstić information content (AvgIpc) is 2.80. The summed E-state index contributed by atoms with van der Waals surface area (Å²) in [5.74, 6) is 1.14. The third-order valence-corrected chi connectivity index (χ3v) is 6.47. The van der Waals surface area contributed by atoms with Crippen LogP contribution >= 0.6 is 0 Å². The van der Waals surface area contributed by atoms with E-state index in [4.69, 9.17) is 4.74 Å². The molecule has 34 heavy (non-hydrogen) atoms. The number of rotatable bonds is 6. The van der Waals surface area contributed by atoms with Crippen molar-refractivity contribution >= 4 is 33.2 Å². The fourth-order valence-electron chi connectivity index (χ4n) is 3.44. The maximum Gasteiger partial charge on any atom is 0.417 e. The predicted molar refractivity (Wildman–Crippen MR) is 122 cm³/mol. The maximum absolute atomic E-state index is 13.2. The SMILES string of the molecule is Cc1cc(Nc2ccc(NS(=O)(=O)c3ccccc3C(F)(F)F)cc2)nc(N2CCOCC2)n1. The van der Waals surface area contributed by atoms with E-state index in [0.29, 0.717) is 43.8 Å². The van der Waals surface area contributed by atoms with E-state index in [9.17, 15) is 21.6 Å². The number of hydrogen-bond acceptors (Lipinski definition) is 7. The summed E-state index contributed by atoms with van der Waals surface area (Å²) >= 11 is 0. The first-order valence-electron chi connectivity index (χ1n) is 10.4. The molecule has 0 spiro atoms. The highest BCUT2D eigenvalue weighted by Crippen LogP contribution is 2.34. The van der Waals surface area contributed by atoms with Crippen LogP contribution in [0.25, 0.3) is 0 Å². The van der Waals surface area contributed by atoms with Crippen molar-refractivity contribution in [2.24, 2.45) is 0 Å². The molecule has 2 heterocycles. The average molecular weight is 494 g/mol. The number of anilines is 4. The number of halogens is 3. The summed E-state index contributed by atoms with van der Waals surface area (Å²) in [6.45, 7) is 4.44. The van der Waals surface area contributed by atoms with Gasteiger partial charge in [-0.1, -0.05) is 12.1 Å². The van der Waals surface area contributed by atoms with Gasteiger partial charge in [0.25, 0.3) is 10.0 Å². The summed E-state index contributed by atoms with van der Waals surface area (Å²) in [5, 5.41) is 3.14. The zero-order valence-corrected chi connectivity index (χ0v) is 18.9. The maximum atomic E-state index is 13.2. The van der Waals surface area contributed by atoms with Gasteiger partial charge >= 0.3 is 6.18 Å². The van der Waals surface area contributed by atoms with E-state index in [1.807, 2.05) is 11.8 Å². The van der Waals surface area contributed by atoms with Gasteiger partial charge in [-0.15, -0.1) is 0 Å². The Kier molecular flexibility index (Phi) is 6.62. The highest BCUT2D eigenvalue weighted by Gasteiger charge is 2.36. The first-order chi connectivity index (χ1) is 16.1. The smallest absolute Gasteiger partial charge is 0.378 e. The molecule has 0 saturated carbocycles. The first-order valence-corrected chi connectivity index (χ1v) is 11.8. The molecule has 2 aromatic carbocycles. The highest BCUT2D eigenvalue weighted by molar-refractivity contribution is 7.92. The van der Waals surface area contributed by atoms with Gasteiger partial charge in [0.2, 0.25) is 5.95 Å². The van der Waals surface area contributed by atoms with Crippen LogP contribution in [-0.4, -0.2) is 44.7 Å². The van der Waals surface area contributed by atoms with Crippen LogP contribution in [0.1, 0.15) is 11.3 Å². The number of morpholine rings is 1. The van der Waals surface area contributed by atoms with Crippen molar-refractivity contribution in [3.05, 3.63) is 65.9 Å². The van der Waals surface area contributed by atoms with E-state index in [-0.39, 0.29) is 5.69 Å². The van der Waals surface area contributed by atoms with Gasteiger partial charge in [-0.2, -0.15) is 18.2 Å². The molecule has 2 N–H and O–H groups in total. The van der Waals surface area contributed by atoms with E-state index in [2.05, 4.69) is 20.0 Å². The molecule has 8 nitrogen and oxygen atoms in total. The second kappa shape index (κ2) is 9.47. The van der Waals surface area contributed by atoms with Crippen LogP contribution in [0.3, 0.4) is 0 Å². The molecular weight excluding hydrogens is 471 g/mol. The zero-order chi connectivity index (χ0) is 24.3. The standard InChI is InChI=1S/C22H22F3N5O3S/c1-15-14-20(28-21(26-15)30-10-12-33-13-11-30)27-16-6-8-17(9-7-16)29-34(31,32)19-5-3-2-4-18(19)22(23,24)25/h2-9,14,29H,10-13H2,1H3,(H,26,27,28). The number of hydrogen-bond donors (Lipinski definition) is 2. The zero-order valence-electron chi connectivity index (χ0n) is 18.1. The van der Waals surface area contributed by atoms with Gasteiger partial charge in [0.1, 0.15) is 5.82 Å². The quantitative estimate of drug-likeness (QED) is 0.532. The van der Waals surface area contributed by atoms with Crippen LogP contribution in [0.15, 0.2) is 59.5 Å². The lowest BCUT2D eigenvalue weighted by molar-refractivity contribution is -0.139. The third kappa shape index (κ3) is 5.57. The topological polar surface area (TPSA) is 96.5 Å². The van der Waals surface area contributed by atoms with Crippen LogP contribution in [0, 0.1) is 6.92 Å². The highest BCUT2D eigenvalue weighted by atomic mass is 32.2. The minimum absolute atomic E-state index is 0.121. The second-order valence-electron chi connectivity index (χ2n) is 7.60. The monoisotopic (exact) mass is 493 g/mol. The summed E-state index contributed by atoms with van der Waals surface area (Å²) in [7, 11) is -4.45. The lowest BCUT2D eigenvalue weighted by Gasteiger charge is -2.27. The fourth-order valence-corrected chi connectivity index (χ4v) is 4.72. The van der Waals surface area contributed by atoms with Crippen molar-refractivity contribution < 1.29 is 26.3 Å². The van der Waals surface area contributed by atoms with Crippen molar-refractivity contribution in [3.8, 4) is 0 Å². The Hall–Kier alpha value is -3.38. The van der Waals surface area contributed by atoms with Crippen molar-refractivity contribution in [2.45, 2.75) is 18.0 Å². The number of nitrogens with one attached hydrogen (secondary N) is 2. The van der Waals surface area contributed by atoms with Gasteiger partial charge < -0.3 is 15.0 Å². The molecule has 0 atom stereocenters. The third-order valence-electron chi connectivity index (χ3n) is 5.03. The number of alkyl halides is 3. The molecule has 0 radical (unpaired) electrons. The van der Waals surface area contributed by atoms with Crippen molar-refractivity contribution in [2.75, 3.05) is 41.2 Å². The summed E-state index contributed by atoms with van der Waals surface area (Å²) in [6, 6.07) is 11.9. The molecule has 3 aromatic rings. The van der Waals surface area contributed by atoms with Crippen LogP contribution in [0.4, 0.5) is 36.3 Å². The molecule has 0 unspecified atom stereocenters. The van der Waals surface area contributed by atoms with E-state index in [1.165, 1.54) is 18.2 Å². The van der Waals surface area contributed by atoms with Crippen LogP contribution in [0.2, 0.25) is 0 Å². The van der Waals surface area contributed by atoms with E-state index in [1.54, 1.807) is 18.2 Å². The number of nitrogens with zero attached hydrogens (tertiary/aromatic N) is 3. The molecule has 0 amide bonds. The van der Waals surface area contributed by atoms with Crippen molar-refractivity contribution in [3.63, 3.8) is 0 Å². The summed E-state index contributed by atoms with van der Waals surface area (Å²) in [4.78, 5) is 10.2. The summed E-state index contributed by atoms with van der Waals surface area (Å²) < 4.78 is 72.5. The van der Waals surface area contributed by atoms with Crippen molar-refractivity contribution in [1.29, 1.82) is 0 Å². The number of aryl methyl sites for hydroxylation is 1. The molecule has 1 aromatic heterocycles. The Morgan fingerprint density at radius 1 is 0.971 bits per heavy atom. The Morgan fingerprint density at radius 3 is 2.29 bits per heavy atom. The lowest BCUT2D eigenvalue weighted by Crippen LogP contribution is -2.37. The lowest BCUT2D eigenvalue weighted by atomic mass is 10.2. The Morgan fingerprint density at radius 2 is 1.62 bits per heavy atom. The molecule has 12 heteroatoms. The van der Waals surface area contributed by atoms with Gasteiger partial charge in [0.05, 0.1) is 23.7 Å². The summed E-state index contributed by atoms with van der Waals surface area (Å²) in [5.41, 5.74) is 0.280. The van der Waals surface area contributed by atoms with Gasteiger partial charge in [0, 0.05) is 36.2 Å². The molecule has 1 fully saturated rings. The molecule has 1 saturated heterocycles. The molecule has 0 aliphatic carbocycles. The van der Waals surface area contributed by atoms with Crippen molar-refractivity contribution in [1.82, 2.24) is 9.97 Å². The Balaban J connectivity index is 1.50. The molecule has 1 aliphatic heterocycles. The molecular formula is C22H22F3N5O3S. The Labute approximate surface area is 194 Å². The van der Waals surface area contributed by atoms with Gasteiger partial charge in [-0.25, -0.2) is 13.4 Å². The van der Waals surface area contributed by atoms with E-state index in [0.717, 1.165) is 23.9 Å². The van der Waals surface area contributed by atoms with Crippen LogP contribution in [-0.2, 0) is 20.9 Å². The number of benzene rings is 2. The summed E-state index contributed by atoms with van der Waals surface area (Å²) in [6.07, 6.45) is -4.80. The normalized spacial score (nSPS) is 14.6. The second-order valence-corrected chi connectivity index (χ2v) is 9.25. The largest absolute Gasteiger partial charge is 0.417 e. The molecule has 180 valence electrons. The van der Waals surface area contributed by atoms with Gasteiger partial charge in [-0.05, 0) is 43.3 Å². The molecule has 0 bridgehead atoms.